The molecule has 5 nitrogen and oxygen atoms in total. The number of rotatable bonds is 4. The molecule has 0 bridgehead atoms. The van der Waals surface area contributed by atoms with E-state index in [4.69, 9.17) is 0 Å². The first-order valence-electron chi connectivity index (χ1n) is 8.77. The Kier molecular flexibility index (Phi) is 5.64. The summed E-state index contributed by atoms with van der Waals surface area (Å²) in [5.41, 5.74) is -1.20. The first kappa shape index (κ1) is 20.2. The third-order valence-corrected chi connectivity index (χ3v) is 5.95. The first-order valence-corrected chi connectivity index (χ1v) is 10.3. The number of piperidine rings is 1. The summed E-state index contributed by atoms with van der Waals surface area (Å²) in [4.78, 5) is 13.5. The largest absolute Gasteiger partial charge is 0.417 e. The number of amides is 1. The molecule has 1 N–H and O–H groups in total. The van der Waals surface area contributed by atoms with Crippen LogP contribution in [0, 0.1) is 0 Å². The number of benzene rings is 2. The minimum Gasteiger partial charge on any atom is -0.339 e. The molecule has 1 fully saturated rings. The molecule has 150 valence electrons. The van der Waals surface area contributed by atoms with Crippen LogP contribution in [-0.4, -0.2) is 32.3 Å². The summed E-state index contributed by atoms with van der Waals surface area (Å²) >= 11 is 0. The number of carbonyl (C=O) groups excluding carboxylic acids is 1. The number of nitrogens with zero attached hydrogens (tertiary/aromatic N) is 1. The fourth-order valence-corrected chi connectivity index (χ4v) is 4.47. The average Bonchev–Trinajstić information content (AvgIpc) is 2.68. The van der Waals surface area contributed by atoms with Crippen molar-refractivity contribution in [3.8, 4) is 0 Å². The molecule has 0 spiro atoms. The minimum atomic E-state index is -4.82. The Labute approximate surface area is 161 Å². The smallest absolute Gasteiger partial charge is 0.339 e. The number of halogens is 3. The van der Waals surface area contributed by atoms with Crippen molar-refractivity contribution < 1.29 is 26.4 Å². The average molecular weight is 412 g/mol. The van der Waals surface area contributed by atoms with Crippen molar-refractivity contribution in [2.45, 2.75) is 30.3 Å². The highest BCUT2D eigenvalue weighted by molar-refractivity contribution is 7.92. The number of hydrogen-bond donors (Lipinski definition) is 1. The number of alkyl halides is 3. The van der Waals surface area contributed by atoms with E-state index in [0.717, 1.165) is 31.4 Å². The lowest BCUT2D eigenvalue weighted by molar-refractivity contribution is -0.139. The van der Waals surface area contributed by atoms with Gasteiger partial charge in [-0.1, -0.05) is 24.3 Å². The van der Waals surface area contributed by atoms with Gasteiger partial charge in [0, 0.05) is 13.1 Å². The van der Waals surface area contributed by atoms with Gasteiger partial charge in [-0.25, -0.2) is 8.42 Å². The van der Waals surface area contributed by atoms with Crippen molar-refractivity contribution in [2.24, 2.45) is 0 Å². The molecule has 0 aliphatic carbocycles. The molecule has 28 heavy (non-hydrogen) atoms. The normalized spacial score (nSPS) is 15.3. The lowest BCUT2D eigenvalue weighted by atomic mass is 10.1. The zero-order valence-electron chi connectivity index (χ0n) is 14.9. The lowest BCUT2D eigenvalue weighted by Crippen LogP contribution is -2.36. The lowest BCUT2D eigenvalue weighted by Gasteiger charge is -2.27. The van der Waals surface area contributed by atoms with Crippen LogP contribution in [0.5, 0.6) is 0 Å². The van der Waals surface area contributed by atoms with E-state index in [1.807, 2.05) is 0 Å². The topological polar surface area (TPSA) is 66.5 Å². The Morgan fingerprint density at radius 2 is 1.54 bits per heavy atom. The third kappa shape index (κ3) is 4.30. The number of hydrogen-bond acceptors (Lipinski definition) is 3. The van der Waals surface area contributed by atoms with Gasteiger partial charge in [0.15, 0.2) is 0 Å². The molecule has 1 amide bonds. The maximum absolute atomic E-state index is 13.2. The number of para-hydroxylation sites is 1. The maximum atomic E-state index is 13.2. The van der Waals surface area contributed by atoms with Gasteiger partial charge in [0.05, 0.1) is 21.7 Å². The van der Waals surface area contributed by atoms with Gasteiger partial charge in [-0.15, -0.1) is 0 Å². The van der Waals surface area contributed by atoms with Crippen LogP contribution in [0.2, 0.25) is 0 Å². The van der Waals surface area contributed by atoms with Gasteiger partial charge in [-0.3, -0.25) is 9.52 Å². The van der Waals surface area contributed by atoms with Gasteiger partial charge in [-0.05, 0) is 43.5 Å². The van der Waals surface area contributed by atoms with Crippen LogP contribution in [-0.2, 0) is 16.2 Å². The zero-order chi connectivity index (χ0) is 20.4. The number of anilines is 1. The Balaban J connectivity index is 1.96. The van der Waals surface area contributed by atoms with Crippen LogP contribution in [0.15, 0.2) is 53.4 Å². The summed E-state index contributed by atoms with van der Waals surface area (Å²) < 4.78 is 67.2. The molecular weight excluding hydrogens is 393 g/mol. The van der Waals surface area contributed by atoms with Gasteiger partial charge < -0.3 is 4.90 Å². The summed E-state index contributed by atoms with van der Waals surface area (Å²) in [6.45, 7) is 1.13. The highest BCUT2D eigenvalue weighted by atomic mass is 32.2. The molecule has 2 aromatic rings. The number of carbonyl (C=O) groups is 1. The van der Waals surface area contributed by atoms with E-state index in [0.29, 0.717) is 19.2 Å². The molecule has 0 radical (unpaired) electrons. The fourth-order valence-electron chi connectivity index (χ4n) is 3.16. The second-order valence-corrected chi connectivity index (χ2v) is 8.15. The molecule has 1 saturated heterocycles. The van der Waals surface area contributed by atoms with Crippen LogP contribution in [0.25, 0.3) is 0 Å². The van der Waals surface area contributed by atoms with Gasteiger partial charge in [0.25, 0.3) is 15.9 Å². The number of sulfonamides is 1. The molecule has 3 rings (SSSR count). The maximum Gasteiger partial charge on any atom is 0.417 e. The molecule has 1 aliphatic rings. The van der Waals surface area contributed by atoms with Gasteiger partial charge in [0.2, 0.25) is 0 Å². The second-order valence-electron chi connectivity index (χ2n) is 6.50. The predicted octanol–water partition coefficient (Wildman–Crippen LogP) is 4.13. The summed E-state index contributed by atoms with van der Waals surface area (Å²) in [5, 5.41) is 0. The highest BCUT2D eigenvalue weighted by Gasteiger charge is 2.37. The summed E-state index contributed by atoms with van der Waals surface area (Å²) in [6.07, 6.45) is -2.09. The van der Waals surface area contributed by atoms with Crippen LogP contribution in [0.3, 0.4) is 0 Å². The van der Waals surface area contributed by atoms with Crippen molar-refractivity contribution in [3.63, 3.8) is 0 Å². The van der Waals surface area contributed by atoms with Crippen molar-refractivity contribution in [3.05, 3.63) is 59.7 Å². The summed E-state index contributed by atoms with van der Waals surface area (Å²) in [7, 11) is -4.55. The molecular formula is C19H19F3N2O3S. The van der Waals surface area contributed by atoms with Crippen molar-refractivity contribution in [2.75, 3.05) is 17.8 Å². The Bertz CT molecular complexity index is 968. The quantitative estimate of drug-likeness (QED) is 0.821. The number of likely N-dealkylation sites (tertiary alicyclic amines) is 1. The van der Waals surface area contributed by atoms with Gasteiger partial charge in [-0.2, -0.15) is 13.2 Å². The van der Waals surface area contributed by atoms with E-state index in [2.05, 4.69) is 4.72 Å². The highest BCUT2D eigenvalue weighted by Crippen LogP contribution is 2.35. The zero-order valence-corrected chi connectivity index (χ0v) is 15.7. The van der Waals surface area contributed by atoms with E-state index in [-0.39, 0.29) is 17.2 Å². The molecule has 0 saturated carbocycles. The summed E-state index contributed by atoms with van der Waals surface area (Å²) in [5.74, 6) is -0.345. The van der Waals surface area contributed by atoms with Crippen LogP contribution in [0.4, 0.5) is 18.9 Å². The molecule has 9 heteroatoms. The second kappa shape index (κ2) is 7.83. The molecule has 0 unspecified atom stereocenters. The fraction of sp³-hybridized carbons (Fsp3) is 0.316. The molecule has 1 aliphatic heterocycles. The first-order chi connectivity index (χ1) is 13.2. The Morgan fingerprint density at radius 3 is 2.21 bits per heavy atom. The predicted molar refractivity (Wildman–Crippen MR) is 98.4 cm³/mol. The van der Waals surface area contributed by atoms with Gasteiger partial charge >= 0.3 is 6.18 Å². The van der Waals surface area contributed by atoms with E-state index in [1.54, 1.807) is 11.0 Å². The third-order valence-electron chi connectivity index (χ3n) is 4.53. The van der Waals surface area contributed by atoms with Crippen LogP contribution in [0.1, 0.15) is 35.2 Å². The van der Waals surface area contributed by atoms with Crippen molar-refractivity contribution >= 4 is 21.6 Å². The van der Waals surface area contributed by atoms with Crippen LogP contribution >= 0.6 is 0 Å². The van der Waals surface area contributed by atoms with E-state index in [9.17, 15) is 26.4 Å². The summed E-state index contributed by atoms with van der Waals surface area (Å²) in [6, 6.07) is 9.86. The molecule has 2 aromatic carbocycles. The van der Waals surface area contributed by atoms with Gasteiger partial charge in [0.1, 0.15) is 0 Å². The Morgan fingerprint density at radius 1 is 0.929 bits per heavy atom. The van der Waals surface area contributed by atoms with Crippen molar-refractivity contribution in [1.82, 2.24) is 4.90 Å². The minimum absolute atomic E-state index is 0.0462. The molecule has 0 atom stereocenters. The number of nitrogens with one attached hydrogen (secondary N) is 1. The van der Waals surface area contributed by atoms with E-state index < -0.39 is 26.7 Å². The van der Waals surface area contributed by atoms with Crippen molar-refractivity contribution in [1.29, 1.82) is 0 Å². The van der Waals surface area contributed by atoms with E-state index in [1.165, 1.54) is 24.3 Å². The SMILES string of the molecule is O=C(c1ccccc1NS(=O)(=O)c1ccccc1C(F)(F)F)N1CCCCC1. The monoisotopic (exact) mass is 412 g/mol. The Hall–Kier alpha value is -2.55. The van der Waals surface area contributed by atoms with E-state index >= 15 is 0 Å². The van der Waals surface area contributed by atoms with Crippen LogP contribution < -0.4 is 4.72 Å². The standard InChI is InChI=1S/C19H19F3N2O3S/c20-19(21,22)15-9-3-5-11-17(15)28(26,27)23-16-10-4-2-8-14(16)18(25)24-12-6-1-7-13-24/h2-5,8-11,23H,1,6-7,12-13H2. The molecule has 0 aromatic heterocycles. The molecule has 1 heterocycles.